The Kier molecular flexibility index (Phi) is 7.90. The van der Waals surface area contributed by atoms with E-state index in [9.17, 15) is 23.3 Å². The molecular formula is C22H26N4O6S. The number of hydrazone groups is 1. The summed E-state index contributed by atoms with van der Waals surface area (Å²) >= 11 is 0. The summed E-state index contributed by atoms with van der Waals surface area (Å²) in [6.45, 7) is 4.74. The van der Waals surface area contributed by atoms with E-state index in [-0.39, 0.29) is 22.9 Å². The van der Waals surface area contributed by atoms with Gasteiger partial charge in [0.05, 0.1) is 28.7 Å². The first-order chi connectivity index (χ1) is 15.7. The summed E-state index contributed by atoms with van der Waals surface area (Å²) in [5.74, 6) is -0.319. The fourth-order valence-electron chi connectivity index (χ4n) is 3.32. The minimum Gasteiger partial charge on any atom is -0.379 e. The molecule has 0 aromatic heterocycles. The van der Waals surface area contributed by atoms with Gasteiger partial charge in [0.25, 0.3) is 5.69 Å². The second kappa shape index (κ2) is 10.6. The van der Waals surface area contributed by atoms with Crippen molar-refractivity contribution in [3.8, 4) is 0 Å². The highest BCUT2D eigenvalue weighted by Crippen LogP contribution is 2.20. The molecule has 0 spiro atoms. The standard InChI is InChI=1S/C22H26N4O6S/c1-16-3-7-19(15-21(16)26(28)29)17(2)23-24-22(27)10-6-18-4-8-20(9-5-18)33(30,31)25-11-13-32-14-12-25/h3-5,7-9,15H,6,10-14H2,1-2H3,(H,24,27)/b23-17+. The van der Waals surface area contributed by atoms with Gasteiger partial charge in [0.2, 0.25) is 15.9 Å². The number of morpholine rings is 1. The highest BCUT2D eigenvalue weighted by atomic mass is 32.2. The monoisotopic (exact) mass is 474 g/mol. The predicted octanol–water partition coefficient (Wildman–Crippen LogP) is 2.40. The molecule has 1 amide bonds. The number of hydrogen-bond donors (Lipinski definition) is 1. The van der Waals surface area contributed by atoms with Crippen LogP contribution < -0.4 is 5.43 Å². The smallest absolute Gasteiger partial charge is 0.272 e. The maximum atomic E-state index is 12.7. The number of benzene rings is 2. The lowest BCUT2D eigenvalue weighted by molar-refractivity contribution is -0.385. The quantitative estimate of drug-likeness (QED) is 0.355. The first kappa shape index (κ1) is 24.5. The summed E-state index contributed by atoms with van der Waals surface area (Å²) in [5.41, 5.74) is 4.81. The maximum absolute atomic E-state index is 12.7. The van der Waals surface area contributed by atoms with E-state index in [1.165, 1.54) is 10.4 Å². The number of aryl methyl sites for hydroxylation is 2. The van der Waals surface area contributed by atoms with E-state index < -0.39 is 14.9 Å². The number of nitro groups is 1. The molecule has 0 atom stereocenters. The van der Waals surface area contributed by atoms with Crippen molar-refractivity contribution in [2.24, 2.45) is 5.10 Å². The Hall–Kier alpha value is -3.15. The van der Waals surface area contributed by atoms with Gasteiger partial charge >= 0.3 is 0 Å². The molecule has 1 heterocycles. The van der Waals surface area contributed by atoms with Crippen molar-refractivity contribution in [1.82, 2.24) is 9.73 Å². The van der Waals surface area contributed by atoms with Crippen LogP contribution in [0.25, 0.3) is 0 Å². The Labute approximate surface area is 192 Å². The van der Waals surface area contributed by atoms with Gasteiger partial charge in [-0.3, -0.25) is 14.9 Å². The number of amides is 1. The van der Waals surface area contributed by atoms with Crippen molar-refractivity contribution >= 4 is 27.3 Å². The highest BCUT2D eigenvalue weighted by Gasteiger charge is 2.26. The molecule has 2 aromatic rings. The fraction of sp³-hybridized carbons (Fsp3) is 0.364. The van der Waals surface area contributed by atoms with E-state index in [1.54, 1.807) is 50.2 Å². The number of sulfonamides is 1. The first-order valence-electron chi connectivity index (χ1n) is 10.4. The van der Waals surface area contributed by atoms with E-state index in [4.69, 9.17) is 4.74 Å². The molecule has 0 aliphatic carbocycles. The molecular weight excluding hydrogens is 448 g/mol. The van der Waals surface area contributed by atoms with E-state index in [0.717, 1.165) is 5.56 Å². The van der Waals surface area contributed by atoms with Gasteiger partial charge in [-0.15, -0.1) is 0 Å². The Balaban J connectivity index is 1.55. The fourth-order valence-corrected chi connectivity index (χ4v) is 4.73. The van der Waals surface area contributed by atoms with Crippen LogP contribution in [0.2, 0.25) is 0 Å². The van der Waals surface area contributed by atoms with Gasteiger partial charge in [0, 0.05) is 36.7 Å². The Morgan fingerprint density at radius 1 is 1.18 bits per heavy atom. The molecule has 2 aromatic carbocycles. The second-order valence-electron chi connectivity index (χ2n) is 7.65. The third-order valence-electron chi connectivity index (χ3n) is 5.34. The molecule has 0 unspecified atom stereocenters. The third-order valence-corrected chi connectivity index (χ3v) is 7.26. The average molecular weight is 475 g/mol. The Morgan fingerprint density at radius 3 is 2.48 bits per heavy atom. The largest absolute Gasteiger partial charge is 0.379 e. The van der Waals surface area contributed by atoms with Crippen molar-refractivity contribution in [1.29, 1.82) is 0 Å². The molecule has 0 radical (unpaired) electrons. The van der Waals surface area contributed by atoms with E-state index >= 15 is 0 Å². The van der Waals surface area contributed by atoms with Gasteiger partial charge < -0.3 is 4.74 Å². The Morgan fingerprint density at radius 2 is 1.85 bits per heavy atom. The highest BCUT2D eigenvalue weighted by molar-refractivity contribution is 7.89. The summed E-state index contributed by atoms with van der Waals surface area (Å²) < 4.78 is 31.9. The van der Waals surface area contributed by atoms with E-state index in [0.29, 0.717) is 49.6 Å². The van der Waals surface area contributed by atoms with Gasteiger partial charge in [0.1, 0.15) is 0 Å². The van der Waals surface area contributed by atoms with Crippen LogP contribution in [0, 0.1) is 17.0 Å². The molecule has 1 N–H and O–H groups in total. The topological polar surface area (TPSA) is 131 Å². The molecule has 1 aliphatic heterocycles. The average Bonchev–Trinajstić information content (AvgIpc) is 2.82. The zero-order chi connectivity index (χ0) is 24.0. The zero-order valence-electron chi connectivity index (χ0n) is 18.5. The molecule has 11 heteroatoms. The summed E-state index contributed by atoms with van der Waals surface area (Å²) in [6.07, 6.45) is 0.564. The van der Waals surface area contributed by atoms with Crippen molar-refractivity contribution in [2.75, 3.05) is 26.3 Å². The van der Waals surface area contributed by atoms with Crippen LogP contribution in [0.4, 0.5) is 5.69 Å². The van der Waals surface area contributed by atoms with E-state index in [1.807, 2.05) is 0 Å². The predicted molar refractivity (Wildman–Crippen MR) is 123 cm³/mol. The third kappa shape index (κ3) is 6.21. The molecule has 0 saturated carbocycles. The minimum atomic E-state index is -3.55. The molecule has 176 valence electrons. The van der Waals surface area contributed by atoms with Gasteiger partial charge in [-0.1, -0.05) is 24.3 Å². The van der Waals surface area contributed by atoms with Crippen LogP contribution >= 0.6 is 0 Å². The first-order valence-corrected chi connectivity index (χ1v) is 11.9. The van der Waals surface area contributed by atoms with Crippen molar-refractivity contribution < 1.29 is 22.9 Å². The van der Waals surface area contributed by atoms with Crippen LogP contribution in [0.3, 0.4) is 0 Å². The lowest BCUT2D eigenvalue weighted by atomic mass is 10.1. The molecule has 33 heavy (non-hydrogen) atoms. The molecule has 3 rings (SSSR count). The van der Waals surface area contributed by atoms with Gasteiger partial charge in [0.15, 0.2) is 0 Å². The summed E-state index contributed by atoms with van der Waals surface area (Å²) in [6, 6.07) is 11.3. The number of ether oxygens (including phenoxy) is 1. The van der Waals surface area contributed by atoms with E-state index in [2.05, 4.69) is 10.5 Å². The summed E-state index contributed by atoms with van der Waals surface area (Å²) in [5, 5.41) is 15.1. The van der Waals surface area contributed by atoms with Gasteiger partial charge in [-0.05, 0) is 38.0 Å². The number of carbonyl (C=O) groups is 1. The van der Waals surface area contributed by atoms with Gasteiger partial charge in [-0.2, -0.15) is 9.41 Å². The van der Waals surface area contributed by atoms with Crippen molar-refractivity contribution in [3.63, 3.8) is 0 Å². The number of nitrogens with one attached hydrogen (secondary N) is 1. The number of carbonyl (C=O) groups excluding carboxylic acids is 1. The molecule has 10 nitrogen and oxygen atoms in total. The molecule has 1 saturated heterocycles. The lowest BCUT2D eigenvalue weighted by Gasteiger charge is -2.26. The van der Waals surface area contributed by atoms with Crippen LogP contribution in [-0.4, -0.2) is 55.6 Å². The van der Waals surface area contributed by atoms with Crippen LogP contribution in [0.5, 0.6) is 0 Å². The summed E-state index contributed by atoms with van der Waals surface area (Å²) in [4.78, 5) is 23.0. The molecule has 1 aliphatic rings. The summed E-state index contributed by atoms with van der Waals surface area (Å²) in [7, 11) is -3.55. The SMILES string of the molecule is C/C(=N\NC(=O)CCc1ccc(S(=O)(=O)N2CCOCC2)cc1)c1ccc(C)c([N+](=O)[O-])c1. The normalized spacial score (nSPS) is 15.3. The lowest BCUT2D eigenvalue weighted by Crippen LogP contribution is -2.40. The molecule has 0 bridgehead atoms. The molecule has 1 fully saturated rings. The Bertz CT molecular complexity index is 1160. The zero-order valence-corrected chi connectivity index (χ0v) is 19.3. The minimum absolute atomic E-state index is 0.00698. The number of nitrogens with zero attached hydrogens (tertiary/aromatic N) is 3. The maximum Gasteiger partial charge on any atom is 0.272 e. The van der Waals surface area contributed by atoms with Gasteiger partial charge in [-0.25, -0.2) is 13.8 Å². The second-order valence-corrected chi connectivity index (χ2v) is 9.59. The van der Waals surface area contributed by atoms with Crippen LogP contribution in [0.15, 0.2) is 52.5 Å². The number of hydrogen-bond acceptors (Lipinski definition) is 7. The van der Waals surface area contributed by atoms with Crippen LogP contribution in [-0.2, 0) is 26.0 Å². The van der Waals surface area contributed by atoms with Crippen LogP contribution in [0.1, 0.15) is 30.0 Å². The van der Waals surface area contributed by atoms with Crippen molar-refractivity contribution in [2.45, 2.75) is 31.6 Å². The van der Waals surface area contributed by atoms with Crippen molar-refractivity contribution in [3.05, 3.63) is 69.3 Å². The number of rotatable bonds is 8. The number of nitro benzene ring substituents is 1.